The highest BCUT2D eigenvalue weighted by atomic mass is 16.5. The van der Waals surface area contributed by atoms with Crippen LogP contribution in [0.15, 0.2) is 30.3 Å². The first-order chi connectivity index (χ1) is 10.6. The Hall–Kier alpha value is -1.35. The topological polar surface area (TPSA) is 46.5 Å². The van der Waals surface area contributed by atoms with E-state index in [2.05, 4.69) is 45.0 Å². The number of hydrogen-bond donors (Lipinski definition) is 1. The Morgan fingerprint density at radius 3 is 2.36 bits per heavy atom. The third-order valence-electron chi connectivity index (χ3n) is 3.21. The molecule has 0 aliphatic heterocycles. The molecule has 3 heteroatoms. The average molecular weight is 308 g/mol. The number of aliphatic carboxylic acids is 1. The van der Waals surface area contributed by atoms with Gasteiger partial charge < -0.3 is 9.84 Å². The van der Waals surface area contributed by atoms with Crippen LogP contribution in [0, 0.1) is 5.92 Å². The zero-order valence-electron chi connectivity index (χ0n) is 14.4. The van der Waals surface area contributed by atoms with Crippen LogP contribution < -0.4 is 0 Å². The van der Waals surface area contributed by atoms with E-state index in [1.54, 1.807) is 0 Å². The Morgan fingerprint density at radius 2 is 1.82 bits per heavy atom. The summed E-state index contributed by atoms with van der Waals surface area (Å²) >= 11 is 0. The number of benzene rings is 1. The van der Waals surface area contributed by atoms with Crippen molar-refractivity contribution in [1.82, 2.24) is 0 Å². The monoisotopic (exact) mass is 308 g/mol. The Morgan fingerprint density at radius 1 is 1.14 bits per heavy atom. The van der Waals surface area contributed by atoms with E-state index in [0.717, 1.165) is 51.2 Å². The summed E-state index contributed by atoms with van der Waals surface area (Å²) in [7, 11) is 0. The minimum Gasteiger partial charge on any atom is -0.481 e. The highest BCUT2D eigenvalue weighted by molar-refractivity contribution is 5.66. The fourth-order valence-electron chi connectivity index (χ4n) is 1.78. The number of unbranched alkanes of at least 4 members (excludes halogenated alkanes) is 2. The summed E-state index contributed by atoms with van der Waals surface area (Å²) in [6.07, 6.45) is 5.47. The van der Waals surface area contributed by atoms with Gasteiger partial charge in [-0.25, -0.2) is 0 Å². The van der Waals surface area contributed by atoms with E-state index in [1.165, 1.54) is 5.56 Å². The first-order valence-corrected chi connectivity index (χ1v) is 8.39. The van der Waals surface area contributed by atoms with Crippen LogP contribution in [0.25, 0.3) is 0 Å². The summed E-state index contributed by atoms with van der Waals surface area (Å²) in [5.74, 6) is 0.0603. The summed E-state index contributed by atoms with van der Waals surface area (Å²) in [4.78, 5) is 9.87. The number of carboxylic acid groups (broad SMARTS) is 1. The molecule has 0 amide bonds. The molecule has 0 saturated carbocycles. The quantitative estimate of drug-likeness (QED) is 0.622. The normalized spacial score (nSPS) is 10.2. The minimum atomic E-state index is -0.682. The molecule has 22 heavy (non-hydrogen) atoms. The van der Waals surface area contributed by atoms with Crippen LogP contribution in [0.4, 0.5) is 0 Å². The lowest BCUT2D eigenvalue weighted by Gasteiger charge is -2.06. The van der Waals surface area contributed by atoms with Crippen LogP contribution in [0.3, 0.4) is 0 Å². The molecular weight excluding hydrogens is 276 g/mol. The second-order valence-electron chi connectivity index (χ2n) is 5.88. The van der Waals surface area contributed by atoms with Crippen LogP contribution in [0.1, 0.15) is 58.4 Å². The lowest BCUT2D eigenvalue weighted by Crippen LogP contribution is -2.02. The van der Waals surface area contributed by atoms with Crippen LogP contribution in [-0.2, 0) is 16.0 Å². The molecule has 0 heterocycles. The number of hydrogen-bond acceptors (Lipinski definition) is 2. The van der Waals surface area contributed by atoms with E-state index in [0.29, 0.717) is 6.42 Å². The van der Waals surface area contributed by atoms with Crippen LogP contribution in [0.2, 0.25) is 0 Å². The predicted molar refractivity (Wildman–Crippen MR) is 92.2 cm³/mol. The average Bonchev–Trinajstić information content (AvgIpc) is 2.48. The summed E-state index contributed by atoms with van der Waals surface area (Å²) in [6, 6.07) is 10.5. The summed E-state index contributed by atoms with van der Waals surface area (Å²) in [5, 5.41) is 8.14. The Bertz CT molecular complexity index is 360. The molecule has 126 valence electrons. The van der Waals surface area contributed by atoms with Crippen molar-refractivity contribution >= 4 is 5.97 Å². The first-order valence-electron chi connectivity index (χ1n) is 8.39. The van der Waals surface area contributed by atoms with E-state index in [-0.39, 0.29) is 0 Å². The van der Waals surface area contributed by atoms with Gasteiger partial charge in [-0.3, -0.25) is 4.79 Å². The second kappa shape index (κ2) is 14.6. The van der Waals surface area contributed by atoms with Crippen LogP contribution in [0.5, 0.6) is 0 Å². The summed E-state index contributed by atoms with van der Waals surface area (Å²) in [6.45, 7) is 8.24. The number of ether oxygens (including phenoxy) is 1. The van der Waals surface area contributed by atoms with E-state index < -0.39 is 5.97 Å². The molecule has 0 unspecified atom stereocenters. The SMILES string of the molecule is CC(C)CCOCCc1ccccc1.CCCCCC(=O)O. The Labute approximate surface area is 135 Å². The lowest BCUT2D eigenvalue weighted by molar-refractivity contribution is -0.137. The van der Waals surface area contributed by atoms with Crippen molar-refractivity contribution in [3.8, 4) is 0 Å². The zero-order valence-corrected chi connectivity index (χ0v) is 14.4. The van der Waals surface area contributed by atoms with Crippen molar-refractivity contribution in [2.45, 2.75) is 59.3 Å². The van der Waals surface area contributed by atoms with Gasteiger partial charge in [0.2, 0.25) is 0 Å². The molecule has 3 nitrogen and oxygen atoms in total. The van der Waals surface area contributed by atoms with Crippen molar-refractivity contribution < 1.29 is 14.6 Å². The molecule has 0 atom stereocenters. The van der Waals surface area contributed by atoms with Gasteiger partial charge in [0.05, 0.1) is 6.61 Å². The van der Waals surface area contributed by atoms with Gasteiger partial charge in [0.1, 0.15) is 0 Å². The maximum atomic E-state index is 9.87. The molecule has 0 radical (unpaired) electrons. The number of carbonyl (C=O) groups is 1. The van der Waals surface area contributed by atoms with Crippen molar-refractivity contribution in [2.75, 3.05) is 13.2 Å². The van der Waals surface area contributed by atoms with E-state index >= 15 is 0 Å². The summed E-state index contributed by atoms with van der Waals surface area (Å²) < 4.78 is 5.55. The van der Waals surface area contributed by atoms with Gasteiger partial charge in [0.15, 0.2) is 0 Å². The predicted octanol–water partition coefficient (Wildman–Crippen LogP) is 4.94. The fraction of sp³-hybridized carbons (Fsp3) is 0.632. The maximum Gasteiger partial charge on any atom is 0.303 e. The van der Waals surface area contributed by atoms with Gasteiger partial charge in [-0.2, -0.15) is 0 Å². The molecule has 0 fully saturated rings. The van der Waals surface area contributed by atoms with Gasteiger partial charge in [-0.15, -0.1) is 0 Å². The fourth-order valence-corrected chi connectivity index (χ4v) is 1.78. The number of rotatable bonds is 10. The Kier molecular flexibility index (Phi) is 13.7. The lowest BCUT2D eigenvalue weighted by atomic mass is 10.1. The van der Waals surface area contributed by atoms with Gasteiger partial charge in [0.25, 0.3) is 0 Å². The molecule has 0 spiro atoms. The molecular formula is C19H32O3. The molecule has 1 aromatic rings. The smallest absolute Gasteiger partial charge is 0.303 e. The third kappa shape index (κ3) is 15.0. The van der Waals surface area contributed by atoms with E-state index in [1.807, 2.05) is 6.07 Å². The summed E-state index contributed by atoms with van der Waals surface area (Å²) in [5.41, 5.74) is 1.36. The standard InChI is InChI=1S/C13H20O.C6H12O2/c1-12(2)8-10-14-11-9-13-6-4-3-5-7-13;1-2-3-4-5-6(7)8/h3-7,12H,8-11H2,1-2H3;2-5H2,1H3,(H,7,8). The molecule has 0 saturated heterocycles. The van der Waals surface area contributed by atoms with Gasteiger partial charge >= 0.3 is 5.97 Å². The molecule has 0 aromatic heterocycles. The van der Waals surface area contributed by atoms with Crippen molar-refractivity contribution in [3.63, 3.8) is 0 Å². The second-order valence-corrected chi connectivity index (χ2v) is 5.88. The van der Waals surface area contributed by atoms with Crippen molar-refractivity contribution in [1.29, 1.82) is 0 Å². The zero-order chi connectivity index (χ0) is 16.6. The largest absolute Gasteiger partial charge is 0.481 e. The van der Waals surface area contributed by atoms with Crippen molar-refractivity contribution in [3.05, 3.63) is 35.9 Å². The Balaban J connectivity index is 0.000000472. The van der Waals surface area contributed by atoms with Gasteiger partial charge in [-0.05, 0) is 30.7 Å². The maximum absolute atomic E-state index is 9.87. The molecule has 0 bridgehead atoms. The minimum absolute atomic E-state index is 0.327. The third-order valence-corrected chi connectivity index (χ3v) is 3.21. The van der Waals surface area contributed by atoms with E-state index in [4.69, 9.17) is 9.84 Å². The number of carboxylic acids is 1. The van der Waals surface area contributed by atoms with Crippen LogP contribution >= 0.6 is 0 Å². The molecule has 1 N–H and O–H groups in total. The molecule has 1 aromatic carbocycles. The highest BCUT2D eigenvalue weighted by Gasteiger charge is 1.95. The van der Waals surface area contributed by atoms with Gasteiger partial charge in [0, 0.05) is 13.0 Å². The first kappa shape index (κ1) is 20.6. The molecule has 0 aliphatic rings. The van der Waals surface area contributed by atoms with Crippen LogP contribution in [-0.4, -0.2) is 24.3 Å². The highest BCUT2D eigenvalue weighted by Crippen LogP contribution is 2.02. The van der Waals surface area contributed by atoms with Gasteiger partial charge in [-0.1, -0.05) is 63.9 Å². The molecule has 1 rings (SSSR count). The molecule has 0 aliphatic carbocycles. The van der Waals surface area contributed by atoms with E-state index in [9.17, 15) is 4.79 Å². The van der Waals surface area contributed by atoms with Crippen molar-refractivity contribution in [2.24, 2.45) is 5.92 Å².